The van der Waals surface area contributed by atoms with Crippen molar-refractivity contribution in [3.63, 3.8) is 0 Å². The molecule has 0 fully saturated rings. The summed E-state index contributed by atoms with van der Waals surface area (Å²) in [5.74, 6) is 1.97. The maximum absolute atomic E-state index is 6.14. The first-order valence-corrected chi connectivity index (χ1v) is 5.51. The summed E-state index contributed by atoms with van der Waals surface area (Å²) >= 11 is 6.14. The number of halogens is 1. The van der Waals surface area contributed by atoms with Crippen molar-refractivity contribution in [1.29, 1.82) is 0 Å². The number of hydrogen-bond donors (Lipinski definition) is 1. The van der Waals surface area contributed by atoms with Crippen LogP contribution in [0.2, 0.25) is 5.15 Å². The number of anilines is 1. The molecule has 1 aliphatic rings. The largest absolute Gasteiger partial charge is 0.366 e. The van der Waals surface area contributed by atoms with E-state index in [1.165, 1.54) is 0 Å². The van der Waals surface area contributed by atoms with E-state index in [0.29, 0.717) is 11.1 Å². The second-order valence-corrected chi connectivity index (χ2v) is 4.27. The smallest absolute Gasteiger partial charge is 0.138 e. The molecule has 0 bridgehead atoms. The third kappa shape index (κ3) is 2.12. The van der Waals surface area contributed by atoms with Crippen molar-refractivity contribution in [2.24, 2.45) is 0 Å². The molecule has 0 saturated heterocycles. The van der Waals surface area contributed by atoms with Gasteiger partial charge in [0.2, 0.25) is 0 Å². The molecule has 0 radical (unpaired) electrons. The Balaban J connectivity index is 2.47. The van der Waals surface area contributed by atoms with Gasteiger partial charge in [0.05, 0.1) is 0 Å². The summed E-state index contributed by atoms with van der Waals surface area (Å²) in [5, 5.41) is 3.81. The molecule has 1 N–H and O–H groups in total. The Bertz CT molecular complexity index is 399. The van der Waals surface area contributed by atoms with Gasteiger partial charge < -0.3 is 5.32 Å². The van der Waals surface area contributed by atoms with E-state index in [-0.39, 0.29) is 0 Å². The lowest BCUT2D eigenvalue weighted by molar-refractivity contribution is 0.771. The summed E-state index contributed by atoms with van der Waals surface area (Å²) in [6, 6.07) is 0. The predicted octanol–water partition coefficient (Wildman–Crippen LogP) is 2.78. The molecular weight excluding hydrogens is 210 g/mol. The van der Waals surface area contributed by atoms with Gasteiger partial charge in [-0.1, -0.05) is 37.6 Å². The zero-order valence-corrected chi connectivity index (χ0v) is 9.67. The molecule has 2 rings (SSSR count). The Morgan fingerprint density at radius 3 is 2.87 bits per heavy atom. The lowest BCUT2D eigenvalue weighted by Gasteiger charge is -2.11. The van der Waals surface area contributed by atoms with Gasteiger partial charge in [0.15, 0.2) is 0 Å². The van der Waals surface area contributed by atoms with Crippen LogP contribution in [0.15, 0.2) is 12.2 Å². The summed E-state index contributed by atoms with van der Waals surface area (Å²) in [5.41, 5.74) is 0.995. The van der Waals surface area contributed by atoms with E-state index in [4.69, 9.17) is 11.6 Å². The van der Waals surface area contributed by atoms with Crippen molar-refractivity contribution in [3.05, 3.63) is 28.7 Å². The van der Waals surface area contributed by atoms with E-state index in [2.05, 4.69) is 41.3 Å². The zero-order valence-electron chi connectivity index (χ0n) is 8.92. The SMILES string of the molecule is CC(C)c1nc(Cl)c2c(n1)NCC=CC2. The highest BCUT2D eigenvalue weighted by atomic mass is 35.5. The molecule has 1 aromatic heterocycles. The van der Waals surface area contributed by atoms with Crippen molar-refractivity contribution >= 4 is 17.4 Å². The number of nitrogens with zero attached hydrogens (tertiary/aromatic N) is 2. The normalized spacial score (nSPS) is 14.7. The van der Waals surface area contributed by atoms with Crippen LogP contribution in [0.4, 0.5) is 5.82 Å². The van der Waals surface area contributed by atoms with Crippen LogP contribution in [0, 0.1) is 0 Å². The van der Waals surface area contributed by atoms with Gasteiger partial charge in [-0.25, -0.2) is 9.97 Å². The molecule has 0 atom stereocenters. The molecule has 0 spiro atoms. The van der Waals surface area contributed by atoms with Crippen molar-refractivity contribution in [3.8, 4) is 0 Å². The van der Waals surface area contributed by atoms with Crippen LogP contribution < -0.4 is 5.32 Å². The minimum Gasteiger partial charge on any atom is -0.366 e. The number of nitrogens with one attached hydrogen (secondary N) is 1. The Kier molecular flexibility index (Phi) is 2.91. The third-order valence-corrected chi connectivity index (χ3v) is 2.68. The van der Waals surface area contributed by atoms with Crippen LogP contribution in [0.5, 0.6) is 0 Å². The van der Waals surface area contributed by atoms with E-state index in [1.54, 1.807) is 0 Å². The summed E-state index contributed by atoms with van der Waals surface area (Å²) in [7, 11) is 0. The number of fused-ring (bicyclic) bond motifs is 1. The molecule has 0 saturated carbocycles. The van der Waals surface area contributed by atoms with Gasteiger partial charge in [0.1, 0.15) is 16.8 Å². The van der Waals surface area contributed by atoms with Crippen molar-refractivity contribution in [2.75, 3.05) is 11.9 Å². The van der Waals surface area contributed by atoms with E-state index >= 15 is 0 Å². The molecule has 3 nitrogen and oxygen atoms in total. The summed E-state index contributed by atoms with van der Waals surface area (Å²) in [6.07, 6.45) is 4.97. The van der Waals surface area contributed by atoms with Gasteiger partial charge in [-0.3, -0.25) is 0 Å². The van der Waals surface area contributed by atoms with Gasteiger partial charge >= 0.3 is 0 Å². The monoisotopic (exact) mass is 223 g/mol. The number of aromatic nitrogens is 2. The van der Waals surface area contributed by atoms with Crippen molar-refractivity contribution in [2.45, 2.75) is 26.2 Å². The minimum atomic E-state index is 0.297. The maximum atomic E-state index is 6.14. The van der Waals surface area contributed by atoms with Gasteiger partial charge in [-0.05, 0) is 6.42 Å². The molecule has 80 valence electrons. The van der Waals surface area contributed by atoms with Crippen molar-refractivity contribution in [1.82, 2.24) is 9.97 Å². The van der Waals surface area contributed by atoms with Crippen molar-refractivity contribution < 1.29 is 0 Å². The third-order valence-electron chi connectivity index (χ3n) is 2.37. The summed E-state index contributed by atoms with van der Waals surface area (Å²) in [6.45, 7) is 4.93. The molecular formula is C11H14ClN3. The average Bonchev–Trinajstić information content (AvgIpc) is 2.42. The van der Waals surface area contributed by atoms with Gasteiger partial charge in [0.25, 0.3) is 0 Å². The summed E-state index contributed by atoms with van der Waals surface area (Å²) in [4.78, 5) is 8.80. The zero-order chi connectivity index (χ0) is 10.8. The van der Waals surface area contributed by atoms with Gasteiger partial charge in [-0.15, -0.1) is 0 Å². The molecule has 0 aliphatic carbocycles. The van der Waals surface area contributed by atoms with E-state index in [1.807, 2.05) is 0 Å². The Labute approximate surface area is 94.6 Å². The lowest BCUT2D eigenvalue weighted by atomic mass is 10.2. The van der Waals surface area contributed by atoms with Crippen LogP contribution in [0.3, 0.4) is 0 Å². The number of allylic oxidation sites excluding steroid dienone is 1. The first-order valence-electron chi connectivity index (χ1n) is 5.13. The second kappa shape index (κ2) is 4.19. The van der Waals surface area contributed by atoms with E-state index in [0.717, 1.165) is 30.2 Å². The first kappa shape index (κ1) is 10.4. The highest BCUT2D eigenvalue weighted by Gasteiger charge is 2.14. The average molecular weight is 224 g/mol. The Morgan fingerprint density at radius 1 is 1.33 bits per heavy atom. The second-order valence-electron chi connectivity index (χ2n) is 3.91. The molecule has 15 heavy (non-hydrogen) atoms. The van der Waals surface area contributed by atoms with E-state index < -0.39 is 0 Å². The van der Waals surface area contributed by atoms with Crippen LogP contribution in [-0.2, 0) is 6.42 Å². The first-order chi connectivity index (χ1) is 7.18. The van der Waals surface area contributed by atoms with E-state index in [9.17, 15) is 0 Å². The lowest BCUT2D eigenvalue weighted by Crippen LogP contribution is -2.07. The van der Waals surface area contributed by atoms with Crippen LogP contribution in [-0.4, -0.2) is 16.5 Å². The molecule has 2 heterocycles. The number of rotatable bonds is 1. The minimum absolute atomic E-state index is 0.297. The Morgan fingerprint density at radius 2 is 2.13 bits per heavy atom. The fourth-order valence-corrected chi connectivity index (χ4v) is 1.75. The maximum Gasteiger partial charge on any atom is 0.138 e. The highest BCUT2D eigenvalue weighted by Crippen LogP contribution is 2.25. The molecule has 0 amide bonds. The van der Waals surface area contributed by atoms with Gasteiger partial charge in [-0.2, -0.15) is 0 Å². The molecule has 1 aromatic rings. The van der Waals surface area contributed by atoms with Crippen LogP contribution in [0.25, 0.3) is 0 Å². The van der Waals surface area contributed by atoms with Crippen LogP contribution >= 0.6 is 11.6 Å². The summed E-state index contributed by atoms with van der Waals surface area (Å²) < 4.78 is 0. The van der Waals surface area contributed by atoms with Crippen LogP contribution in [0.1, 0.15) is 31.2 Å². The van der Waals surface area contributed by atoms with Gasteiger partial charge in [0, 0.05) is 18.0 Å². The number of hydrogen-bond acceptors (Lipinski definition) is 3. The standard InChI is InChI=1S/C11H14ClN3/c1-7(2)10-14-9(12)8-5-3-4-6-13-11(8)15-10/h3-4,7H,5-6H2,1-2H3,(H,13,14,15). The molecule has 0 aromatic carbocycles. The molecule has 4 heteroatoms. The molecule has 0 unspecified atom stereocenters. The highest BCUT2D eigenvalue weighted by molar-refractivity contribution is 6.30. The Hall–Kier alpha value is -1.09. The fraction of sp³-hybridized carbons (Fsp3) is 0.455. The topological polar surface area (TPSA) is 37.8 Å². The molecule has 1 aliphatic heterocycles. The quantitative estimate of drug-likeness (QED) is 0.588. The fourth-order valence-electron chi connectivity index (χ4n) is 1.50. The predicted molar refractivity (Wildman–Crippen MR) is 62.5 cm³/mol.